The van der Waals surface area contributed by atoms with Gasteiger partial charge in [-0.05, 0) is 60.3 Å². The Balaban J connectivity index is 1.71. The number of hydrogen-bond acceptors (Lipinski definition) is 4. The number of carbonyl (C=O) groups is 1. The third kappa shape index (κ3) is 3.53. The molecule has 1 aromatic carbocycles. The van der Waals surface area contributed by atoms with Crippen molar-refractivity contribution in [2.24, 2.45) is 4.99 Å². The number of aliphatic imine (C=N–C) groups is 1. The van der Waals surface area contributed by atoms with Gasteiger partial charge in [-0.2, -0.15) is 0 Å². The number of amidine groups is 1. The SMILES string of the molecule is O=C1NC(=Nc2ccc(F)cc2)SC1=CC=Cc1ccco1. The van der Waals surface area contributed by atoms with E-state index < -0.39 is 0 Å². The van der Waals surface area contributed by atoms with Crippen LogP contribution in [0, 0.1) is 5.82 Å². The van der Waals surface area contributed by atoms with Gasteiger partial charge in [-0.25, -0.2) is 9.38 Å². The number of thioether (sulfide) groups is 1. The Morgan fingerprint density at radius 1 is 1.23 bits per heavy atom. The summed E-state index contributed by atoms with van der Waals surface area (Å²) in [6.45, 7) is 0. The lowest BCUT2D eigenvalue weighted by atomic mass is 10.3. The van der Waals surface area contributed by atoms with E-state index in [4.69, 9.17) is 4.42 Å². The van der Waals surface area contributed by atoms with Crippen molar-refractivity contribution < 1.29 is 13.6 Å². The fraction of sp³-hybridized carbons (Fsp3) is 0. The first-order valence-corrected chi connectivity index (χ1v) is 7.28. The molecule has 0 aliphatic carbocycles. The summed E-state index contributed by atoms with van der Waals surface area (Å²) in [5, 5.41) is 3.13. The fourth-order valence-electron chi connectivity index (χ4n) is 1.74. The van der Waals surface area contributed by atoms with E-state index in [2.05, 4.69) is 10.3 Å². The highest BCUT2D eigenvalue weighted by atomic mass is 32.2. The number of hydrogen-bond donors (Lipinski definition) is 1. The third-order valence-corrected chi connectivity index (χ3v) is 3.69. The molecule has 110 valence electrons. The summed E-state index contributed by atoms with van der Waals surface area (Å²) in [6, 6.07) is 9.35. The minimum absolute atomic E-state index is 0.213. The Morgan fingerprint density at radius 2 is 2.05 bits per heavy atom. The molecule has 1 aliphatic heterocycles. The fourth-order valence-corrected chi connectivity index (χ4v) is 2.54. The molecule has 0 saturated carbocycles. The molecule has 1 aliphatic rings. The van der Waals surface area contributed by atoms with Gasteiger partial charge in [0.2, 0.25) is 0 Å². The lowest BCUT2D eigenvalue weighted by Gasteiger charge is -1.95. The lowest BCUT2D eigenvalue weighted by Crippen LogP contribution is -2.19. The van der Waals surface area contributed by atoms with E-state index in [1.807, 2.05) is 6.07 Å². The van der Waals surface area contributed by atoms with Crippen LogP contribution < -0.4 is 5.32 Å². The van der Waals surface area contributed by atoms with Crippen molar-refractivity contribution in [2.45, 2.75) is 0 Å². The van der Waals surface area contributed by atoms with Gasteiger partial charge in [0, 0.05) is 0 Å². The van der Waals surface area contributed by atoms with E-state index in [9.17, 15) is 9.18 Å². The van der Waals surface area contributed by atoms with Gasteiger partial charge in [0.15, 0.2) is 5.17 Å². The van der Waals surface area contributed by atoms with Gasteiger partial charge in [-0.15, -0.1) is 0 Å². The molecular formula is C16H11FN2O2S. The van der Waals surface area contributed by atoms with Gasteiger partial charge in [0.25, 0.3) is 5.91 Å². The zero-order chi connectivity index (χ0) is 15.4. The van der Waals surface area contributed by atoms with Gasteiger partial charge in [-0.1, -0.05) is 6.08 Å². The Morgan fingerprint density at radius 3 is 2.77 bits per heavy atom. The van der Waals surface area contributed by atoms with Gasteiger partial charge in [0.05, 0.1) is 16.9 Å². The number of carbonyl (C=O) groups excluding carboxylic acids is 1. The number of halogens is 1. The van der Waals surface area contributed by atoms with Crippen LogP contribution in [0.3, 0.4) is 0 Å². The largest absolute Gasteiger partial charge is 0.465 e. The van der Waals surface area contributed by atoms with E-state index in [-0.39, 0.29) is 11.7 Å². The van der Waals surface area contributed by atoms with Gasteiger partial charge in [0.1, 0.15) is 11.6 Å². The average Bonchev–Trinajstić information content (AvgIpc) is 3.12. The summed E-state index contributed by atoms with van der Waals surface area (Å²) < 4.78 is 18.0. The predicted molar refractivity (Wildman–Crippen MR) is 85.1 cm³/mol. The van der Waals surface area contributed by atoms with Crippen LogP contribution in [0.2, 0.25) is 0 Å². The Hall–Kier alpha value is -2.60. The number of amides is 1. The molecule has 2 heterocycles. The molecule has 22 heavy (non-hydrogen) atoms. The number of allylic oxidation sites excluding steroid dienone is 2. The summed E-state index contributed by atoms with van der Waals surface area (Å²) in [4.78, 5) is 16.6. The van der Waals surface area contributed by atoms with Gasteiger partial charge >= 0.3 is 0 Å². The van der Waals surface area contributed by atoms with E-state index in [1.165, 1.54) is 23.9 Å². The molecule has 6 heteroatoms. The molecule has 2 aromatic rings. The summed E-state index contributed by atoms with van der Waals surface area (Å²) in [5.74, 6) is 0.172. The van der Waals surface area contributed by atoms with E-state index in [0.717, 1.165) is 0 Å². The second-order valence-electron chi connectivity index (χ2n) is 4.36. The minimum Gasteiger partial charge on any atom is -0.465 e. The maximum atomic E-state index is 12.8. The molecule has 1 fully saturated rings. The van der Waals surface area contributed by atoms with Crippen LogP contribution in [0.4, 0.5) is 10.1 Å². The Labute approximate surface area is 130 Å². The van der Waals surface area contributed by atoms with Gasteiger partial charge < -0.3 is 9.73 Å². The maximum Gasteiger partial charge on any atom is 0.264 e. The number of rotatable bonds is 3. The second-order valence-corrected chi connectivity index (χ2v) is 5.39. The second kappa shape index (κ2) is 6.44. The summed E-state index contributed by atoms with van der Waals surface area (Å²) in [6.07, 6.45) is 6.77. The van der Waals surface area contributed by atoms with Crippen LogP contribution in [-0.4, -0.2) is 11.1 Å². The van der Waals surface area contributed by atoms with Crippen molar-refractivity contribution in [3.05, 3.63) is 71.3 Å². The minimum atomic E-state index is -0.323. The summed E-state index contributed by atoms with van der Waals surface area (Å²) >= 11 is 1.23. The topological polar surface area (TPSA) is 54.6 Å². The Kier molecular flexibility index (Phi) is 4.20. The molecule has 0 radical (unpaired) electrons. The van der Waals surface area contributed by atoms with Crippen molar-refractivity contribution in [2.75, 3.05) is 0 Å². The van der Waals surface area contributed by atoms with Crippen LogP contribution >= 0.6 is 11.8 Å². The van der Waals surface area contributed by atoms with Crippen LogP contribution in [0.5, 0.6) is 0 Å². The molecule has 1 N–H and O–H groups in total. The van der Waals surface area contributed by atoms with Crippen LogP contribution in [0.25, 0.3) is 6.08 Å². The molecule has 0 atom stereocenters. The van der Waals surface area contributed by atoms with Crippen LogP contribution in [0.15, 0.2) is 69.1 Å². The standard InChI is InChI=1S/C16H11FN2O2S/c17-11-6-8-12(9-7-11)18-16-19-15(20)14(22-16)5-1-3-13-4-2-10-21-13/h1-10H,(H,18,19,20). The smallest absolute Gasteiger partial charge is 0.264 e. The highest BCUT2D eigenvalue weighted by Crippen LogP contribution is 2.26. The molecule has 0 unspecified atom stereocenters. The normalized spacial score (nSPS) is 18.5. The quantitative estimate of drug-likeness (QED) is 0.875. The lowest BCUT2D eigenvalue weighted by molar-refractivity contribution is -0.115. The van der Waals surface area contributed by atoms with Crippen LogP contribution in [-0.2, 0) is 4.79 Å². The molecule has 3 rings (SSSR count). The zero-order valence-corrected chi connectivity index (χ0v) is 12.1. The first-order valence-electron chi connectivity index (χ1n) is 6.46. The summed E-state index contributed by atoms with van der Waals surface area (Å²) in [5.41, 5.74) is 0.580. The first-order chi connectivity index (χ1) is 10.7. The van der Waals surface area contributed by atoms with Crippen LogP contribution in [0.1, 0.15) is 5.76 Å². The van der Waals surface area contributed by atoms with E-state index >= 15 is 0 Å². The Bertz CT molecular complexity index is 762. The molecule has 1 aromatic heterocycles. The zero-order valence-electron chi connectivity index (χ0n) is 11.3. The molecule has 1 saturated heterocycles. The van der Waals surface area contributed by atoms with Crippen molar-refractivity contribution in [3.63, 3.8) is 0 Å². The molecule has 1 amide bonds. The average molecular weight is 314 g/mol. The number of nitrogens with one attached hydrogen (secondary N) is 1. The van der Waals surface area contributed by atoms with E-state index in [0.29, 0.717) is 21.5 Å². The van der Waals surface area contributed by atoms with Crippen molar-refractivity contribution in [1.29, 1.82) is 0 Å². The van der Waals surface area contributed by atoms with Crippen molar-refractivity contribution in [1.82, 2.24) is 5.32 Å². The van der Waals surface area contributed by atoms with Crippen molar-refractivity contribution in [3.8, 4) is 0 Å². The molecule has 0 spiro atoms. The van der Waals surface area contributed by atoms with Crippen molar-refractivity contribution >= 4 is 34.6 Å². The molecule has 4 nitrogen and oxygen atoms in total. The highest BCUT2D eigenvalue weighted by Gasteiger charge is 2.23. The van der Waals surface area contributed by atoms with Gasteiger partial charge in [-0.3, -0.25) is 4.79 Å². The van der Waals surface area contributed by atoms with E-state index in [1.54, 1.807) is 42.7 Å². The predicted octanol–water partition coefficient (Wildman–Crippen LogP) is 3.87. The monoisotopic (exact) mass is 314 g/mol. The highest BCUT2D eigenvalue weighted by molar-refractivity contribution is 8.18. The summed E-state index contributed by atoms with van der Waals surface area (Å²) in [7, 11) is 0. The third-order valence-electron chi connectivity index (χ3n) is 2.76. The first kappa shape index (κ1) is 14.3. The number of furan rings is 1. The maximum absolute atomic E-state index is 12.8. The number of nitrogens with zero attached hydrogens (tertiary/aromatic N) is 1. The molecular weight excluding hydrogens is 303 g/mol. The molecule has 0 bridgehead atoms. The number of benzene rings is 1.